The Labute approximate surface area is 177 Å². The number of carbonyl (C=O) groups is 2. The van der Waals surface area contributed by atoms with Crippen molar-refractivity contribution in [2.24, 2.45) is 5.41 Å². The minimum absolute atomic E-state index is 0.0720. The summed E-state index contributed by atoms with van der Waals surface area (Å²) in [6.07, 6.45) is 2.95. The number of carbonyl (C=O) groups excluding carboxylic acids is 2. The zero-order valence-electron chi connectivity index (χ0n) is 18.1. The first-order valence-corrected chi connectivity index (χ1v) is 10.6. The molecule has 1 aromatic rings. The summed E-state index contributed by atoms with van der Waals surface area (Å²) in [5.41, 5.74) is 3.52. The zero-order chi connectivity index (χ0) is 21.5. The molecule has 0 bridgehead atoms. The van der Waals surface area contributed by atoms with E-state index in [0.717, 1.165) is 36.2 Å². The number of dihydropyridines is 1. The Morgan fingerprint density at radius 2 is 2.00 bits per heavy atom. The minimum Gasteiger partial charge on any atom is -0.462 e. The van der Waals surface area contributed by atoms with Gasteiger partial charge in [0.15, 0.2) is 17.3 Å². The third kappa shape index (κ3) is 3.71. The summed E-state index contributed by atoms with van der Waals surface area (Å²) in [6.45, 7) is 8.67. The van der Waals surface area contributed by atoms with Crippen LogP contribution in [0.1, 0.15) is 64.9 Å². The van der Waals surface area contributed by atoms with Crippen molar-refractivity contribution in [3.8, 4) is 11.5 Å². The molecule has 4 rings (SSSR count). The Balaban J connectivity index is 1.79. The number of nitrogens with one attached hydrogen (secondary N) is 1. The number of esters is 1. The SMILES string of the molecule is CCCCOC(=O)C1=C(C)NC2=C(C(=O)CC(C)(C)C2)[C@H]1c1ccc2c(c1)OCO2. The summed E-state index contributed by atoms with van der Waals surface area (Å²) in [5.74, 6) is 0.524. The van der Waals surface area contributed by atoms with E-state index in [9.17, 15) is 9.59 Å². The van der Waals surface area contributed by atoms with Crippen LogP contribution in [0, 0.1) is 5.41 Å². The highest BCUT2D eigenvalue weighted by atomic mass is 16.7. The summed E-state index contributed by atoms with van der Waals surface area (Å²) in [7, 11) is 0. The predicted molar refractivity (Wildman–Crippen MR) is 112 cm³/mol. The van der Waals surface area contributed by atoms with E-state index < -0.39 is 5.92 Å². The molecule has 0 radical (unpaired) electrons. The Kier molecular flexibility index (Phi) is 5.35. The van der Waals surface area contributed by atoms with Crippen molar-refractivity contribution in [2.45, 2.75) is 59.3 Å². The van der Waals surface area contributed by atoms with Crippen LogP contribution in [0.5, 0.6) is 11.5 Å². The van der Waals surface area contributed by atoms with E-state index in [4.69, 9.17) is 14.2 Å². The maximum atomic E-state index is 13.3. The molecule has 3 aliphatic rings. The van der Waals surface area contributed by atoms with Crippen molar-refractivity contribution in [3.05, 3.63) is 46.3 Å². The maximum Gasteiger partial charge on any atom is 0.336 e. The van der Waals surface area contributed by atoms with Gasteiger partial charge in [0.2, 0.25) is 6.79 Å². The summed E-state index contributed by atoms with van der Waals surface area (Å²) < 4.78 is 16.6. The Morgan fingerprint density at radius 1 is 1.23 bits per heavy atom. The Morgan fingerprint density at radius 3 is 2.77 bits per heavy atom. The van der Waals surface area contributed by atoms with Gasteiger partial charge >= 0.3 is 5.97 Å². The van der Waals surface area contributed by atoms with Crippen LogP contribution in [0.15, 0.2) is 40.7 Å². The van der Waals surface area contributed by atoms with Crippen LogP contribution in [0.3, 0.4) is 0 Å². The predicted octanol–water partition coefficient (Wildman–Crippen LogP) is 4.36. The quantitative estimate of drug-likeness (QED) is 0.573. The largest absolute Gasteiger partial charge is 0.462 e. The van der Waals surface area contributed by atoms with Gasteiger partial charge in [-0.1, -0.05) is 33.3 Å². The second-order valence-corrected chi connectivity index (χ2v) is 9.03. The molecule has 160 valence electrons. The van der Waals surface area contributed by atoms with Gasteiger partial charge in [0.1, 0.15) is 0 Å². The number of hydrogen-bond donors (Lipinski definition) is 1. The molecule has 1 atom stereocenters. The molecule has 0 saturated carbocycles. The van der Waals surface area contributed by atoms with Crippen molar-refractivity contribution in [1.29, 1.82) is 0 Å². The maximum absolute atomic E-state index is 13.3. The number of ketones is 1. The third-order valence-electron chi connectivity index (χ3n) is 5.92. The first kappa shape index (κ1) is 20.5. The molecule has 6 nitrogen and oxygen atoms in total. The van der Waals surface area contributed by atoms with Crippen molar-refractivity contribution < 1.29 is 23.8 Å². The van der Waals surface area contributed by atoms with E-state index in [1.54, 1.807) is 0 Å². The Bertz CT molecular complexity index is 956. The minimum atomic E-state index is -0.478. The third-order valence-corrected chi connectivity index (χ3v) is 5.92. The van der Waals surface area contributed by atoms with Crippen molar-refractivity contribution in [3.63, 3.8) is 0 Å². The summed E-state index contributed by atoms with van der Waals surface area (Å²) in [4.78, 5) is 26.4. The van der Waals surface area contributed by atoms with Crippen molar-refractivity contribution in [2.75, 3.05) is 13.4 Å². The van der Waals surface area contributed by atoms with E-state index in [-0.39, 0.29) is 24.0 Å². The van der Waals surface area contributed by atoms with Crippen LogP contribution >= 0.6 is 0 Å². The fourth-order valence-corrected chi connectivity index (χ4v) is 4.52. The molecular formula is C24H29NO5. The highest BCUT2D eigenvalue weighted by Crippen LogP contribution is 2.48. The topological polar surface area (TPSA) is 73.9 Å². The lowest BCUT2D eigenvalue weighted by molar-refractivity contribution is -0.139. The van der Waals surface area contributed by atoms with Crippen LogP contribution in [-0.2, 0) is 14.3 Å². The van der Waals surface area contributed by atoms with E-state index >= 15 is 0 Å². The number of fused-ring (bicyclic) bond motifs is 1. The lowest BCUT2D eigenvalue weighted by Gasteiger charge is -2.39. The zero-order valence-corrected chi connectivity index (χ0v) is 18.1. The second kappa shape index (κ2) is 7.82. The number of rotatable bonds is 5. The number of hydrogen-bond acceptors (Lipinski definition) is 6. The molecule has 1 N–H and O–H groups in total. The number of unbranched alkanes of at least 4 members (excludes halogenated alkanes) is 1. The van der Waals surface area contributed by atoms with Gasteiger partial charge in [-0.15, -0.1) is 0 Å². The van der Waals surface area contributed by atoms with Gasteiger partial charge in [-0.05, 0) is 42.9 Å². The molecule has 6 heteroatoms. The number of allylic oxidation sites excluding steroid dienone is 3. The van der Waals surface area contributed by atoms with E-state index in [1.165, 1.54) is 0 Å². The average molecular weight is 411 g/mol. The molecule has 0 unspecified atom stereocenters. The fourth-order valence-electron chi connectivity index (χ4n) is 4.52. The van der Waals surface area contributed by atoms with E-state index in [0.29, 0.717) is 35.7 Å². The molecule has 1 aromatic carbocycles. The molecule has 0 saturated heterocycles. The molecule has 1 aliphatic carbocycles. The van der Waals surface area contributed by atoms with Crippen molar-refractivity contribution in [1.82, 2.24) is 5.32 Å². The first-order valence-electron chi connectivity index (χ1n) is 10.6. The lowest BCUT2D eigenvalue weighted by atomic mass is 9.68. The van der Waals surface area contributed by atoms with Gasteiger partial charge in [-0.2, -0.15) is 0 Å². The van der Waals surface area contributed by atoms with Crippen LogP contribution < -0.4 is 14.8 Å². The molecule has 0 aromatic heterocycles. The molecular weight excluding hydrogens is 382 g/mol. The van der Waals surface area contributed by atoms with Gasteiger partial charge in [0.05, 0.1) is 12.2 Å². The number of Topliss-reactive ketones (excluding diaryl/α,β-unsaturated/α-hetero) is 1. The summed E-state index contributed by atoms with van der Waals surface area (Å²) in [6, 6.07) is 5.63. The van der Waals surface area contributed by atoms with Crippen LogP contribution in [0.25, 0.3) is 0 Å². The first-order chi connectivity index (χ1) is 14.3. The average Bonchev–Trinajstić information content (AvgIpc) is 3.13. The van der Waals surface area contributed by atoms with Crippen molar-refractivity contribution >= 4 is 11.8 Å². The van der Waals surface area contributed by atoms with Crippen LogP contribution in [-0.4, -0.2) is 25.2 Å². The normalized spacial score (nSPS) is 22.0. The molecule has 0 fully saturated rings. The molecule has 0 amide bonds. The fraction of sp³-hybridized carbons (Fsp3) is 0.500. The second-order valence-electron chi connectivity index (χ2n) is 9.03. The van der Waals surface area contributed by atoms with Gasteiger partial charge in [-0.25, -0.2) is 4.79 Å². The van der Waals surface area contributed by atoms with Crippen LogP contribution in [0.4, 0.5) is 0 Å². The molecule has 30 heavy (non-hydrogen) atoms. The molecule has 2 heterocycles. The smallest absolute Gasteiger partial charge is 0.336 e. The van der Waals surface area contributed by atoms with Gasteiger partial charge in [-0.3, -0.25) is 4.79 Å². The van der Waals surface area contributed by atoms with Gasteiger partial charge in [0, 0.05) is 29.3 Å². The molecule has 2 aliphatic heterocycles. The molecule has 0 spiro atoms. The monoisotopic (exact) mass is 411 g/mol. The highest BCUT2D eigenvalue weighted by molar-refractivity contribution is 6.04. The summed E-state index contributed by atoms with van der Waals surface area (Å²) in [5, 5.41) is 3.36. The van der Waals surface area contributed by atoms with Gasteiger partial charge < -0.3 is 19.5 Å². The lowest BCUT2D eigenvalue weighted by Crippen LogP contribution is -2.38. The number of benzene rings is 1. The van der Waals surface area contributed by atoms with Gasteiger partial charge in [0.25, 0.3) is 0 Å². The van der Waals surface area contributed by atoms with Crippen LogP contribution in [0.2, 0.25) is 0 Å². The van der Waals surface area contributed by atoms with E-state index in [2.05, 4.69) is 26.1 Å². The number of ether oxygens (including phenoxy) is 3. The standard InChI is InChI=1S/C24H29NO5/c1-5-6-9-28-23(27)20-14(2)25-16-11-24(3,4)12-17(26)22(16)21(20)15-7-8-18-19(10-15)30-13-29-18/h7-8,10,21,25H,5-6,9,11-13H2,1-4H3/t21-/m0/s1. The highest BCUT2D eigenvalue weighted by Gasteiger charge is 2.43. The van der Waals surface area contributed by atoms with E-state index in [1.807, 2.05) is 25.1 Å². The Hall–Kier alpha value is -2.76. The summed E-state index contributed by atoms with van der Waals surface area (Å²) >= 11 is 0.